The van der Waals surface area contributed by atoms with Crippen LogP contribution in [0.25, 0.3) is 21.7 Å². The zero-order valence-electron chi connectivity index (χ0n) is 9.51. The van der Waals surface area contributed by atoms with Gasteiger partial charge in [0, 0.05) is 12.1 Å². The highest BCUT2D eigenvalue weighted by Gasteiger charge is 2.12. The summed E-state index contributed by atoms with van der Waals surface area (Å²) in [7, 11) is 0. The van der Waals surface area contributed by atoms with E-state index in [0.717, 1.165) is 16.2 Å². The minimum absolute atomic E-state index is 0.230. The van der Waals surface area contributed by atoms with Gasteiger partial charge in [-0.05, 0) is 22.9 Å². The molecule has 0 aliphatic heterocycles. The van der Waals surface area contributed by atoms with Crippen LogP contribution >= 0.6 is 0 Å². The van der Waals surface area contributed by atoms with Gasteiger partial charge < -0.3 is 4.42 Å². The molecule has 0 aliphatic carbocycles. The van der Waals surface area contributed by atoms with Crippen molar-refractivity contribution in [1.29, 1.82) is 0 Å². The molecule has 88 valence electrons. The number of hydrogen-bond donors (Lipinski definition) is 1. The highest BCUT2D eigenvalue weighted by molar-refractivity contribution is 6.08. The summed E-state index contributed by atoms with van der Waals surface area (Å²) < 4.78 is 5.49. The quantitative estimate of drug-likeness (QED) is 0.551. The van der Waals surface area contributed by atoms with Crippen LogP contribution in [0.3, 0.4) is 0 Å². The van der Waals surface area contributed by atoms with Crippen LogP contribution in [0.5, 0.6) is 0 Å². The van der Waals surface area contributed by atoms with Gasteiger partial charge in [-0.1, -0.05) is 30.3 Å². The summed E-state index contributed by atoms with van der Waals surface area (Å²) in [5.74, 6) is -0.168. The Morgan fingerprint density at radius 1 is 1.17 bits per heavy atom. The number of hydrogen-bond acceptors (Lipinski definition) is 3. The third kappa shape index (κ3) is 1.55. The number of nitrogens with zero attached hydrogens (tertiary/aromatic N) is 1. The van der Waals surface area contributed by atoms with Crippen LogP contribution in [0.4, 0.5) is 0 Å². The largest absolute Gasteiger partial charge is 0.451 e. The Hall–Kier alpha value is -2.62. The molecule has 0 fully saturated rings. The number of furan rings is 1. The lowest BCUT2D eigenvalue weighted by atomic mass is 10.1. The van der Waals surface area contributed by atoms with Gasteiger partial charge in [-0.25, -0.2) is 5.43 Å². The lowest BCUT2D eigenvalue weighted by molar-refractivity contribution is 0.0930. The first-order valence-corrected chi connectivity index (χ1v) is 5.47. The number of amides is 1. The summed E-state index contributed by atoms with van der Waals surface area (Å²) in [6.45, 7) is 3.21. The van der Waals surface area contributed by atoms with E-state index in [2.05, 4.69) is 17.2 Å². The van der Waals surface area contributed by atoms with E-state index in [-0.39, 0.29) is 5.76 Å². The van der Waals surface area contributed by atoms with E-state index in [9.17, 15) is 4.79 Å². The van der Waals surface area contributed by atoms with Crippen LogP contribution in [0.15, 0.2) is 52.0 Å². The van der Waals surface area contributed by atoms with Gasteiger partial charge in [0.25, 0.3) is 0 Å². The summed E-state index contributed by atoms with van der Waals surface area (Å²) in [6.07, 6.45) is 0. The molecule has 1 heterocycles. The molecule has 3 rings (SSSR count). The van der Waals surface area contributed by atoms with Crippen molar-refractivity contribution in [3.05, 3.63) is 48.2 Å². The normalized spacial score (nSPS) is 10.7. The van der Waals surface area contributed by atoms with E-state index in [1.807, 2.05) is 36.4 Å². The van der Waals surface area contributed by atoms with Crippen LogP contribution in [-0.2, 0) is 0 Å². The number of carbonyl (C=O) groups excluding carboxylic acids is 1. The van der Waals surface area contributed by atoms with Crippen LogP contribution in [-0.4, -0.2) is 12.6 Å². The Labute approximate surface area is 103 Å². The third-order valence-electron chi connectivity index (χ3n) is 2.83. The Bertz CT molecular complexity index is 759. The average Bonchev–Trinajstić information content (AvgIpc) is 2.83. The van der Waals surface area contributed by atoms with Gasteiger partial charge in [-0.2, -0.15) is 5.10 Å². The molecule has 1 amide bonds. The molecule has 0 saturated heterocycles. The first-order valence-electron chi connectivity index (χ1n) is 5.47. The van der Waals surface area contributed by atoms with E-state index in [1.54, 1.807) is 6.07 Å². The zero-order valence-corrected chi connectivity index (χ0v) is 9.51. The smallest absolute Gasteiger partial charge is 0.307 e. The number of hydrazone groups is 1. The van der Waals surface area contributed by atoms with Gasteiger partial charge in [-0.15, -0.1) is 0 Å². The fourth-order valence-electron chi connectivity index (χ4n) is 2.03. The maximum absolute atomic E-state index is 11.6. The van der Waals surface area contributed by atoms with Gasteiger partial charge in [0.2, 0.25) is 0 Å². The van der Waals surface area contributed by atoms with Gasteiger partial charge in [0.05, 0.1) is 0 Å². The van der Waals surface area contributed by atoms with E-state index >= 15 is 0 Å². The Kier molecular flexibility index (Phi) is 2.34. The second-order valence-electron chi connectivity index (χ2n) is 3.91. The first-order chi connectivity index (χ1) is 8.79. The second-order valence-corrected chi connectivity index (χ2v) is 3.91. The summed E-state index contributed by atoms with van der Waals surface area (Å²) >= 11 is 0. The van der Waals surface area contributed by atoms with Gasteiger partial charge in [0.15, 0.2) is 5.76 Å². The molecule has 1 aromatic heterocycles. The van der Waals surface area contributed by atoms with Crippen molar-refractivity contribution in [2.75, 3.05) is 0 Å². The number of fused-ring (bicyclic) bond motifs is 3. The van der Waals surface area contributed by atoms with Crippen molar-refractivity contribution in [3.63, 3.8) is 0 Å². The molecule has 18 heavy (non-hydrogen) atoms. The van der Waals surface area contributed by atoms with Gasteiger partial charge >= 0.3 is 5.91 Å². The fourth-order valence-corrected chi connectivity index (χ4v) is 2.03. The molecule has 4 heteroatoms. The van der Waals surface area contributed by atoms with Crippen molar-refractivity contribution in [3.8, 4) is 0 Å². The molecular weight excluding hydrogens is 228 g/mol. The van der Waals surface area contributed by atoms with Gasteiger partial charge in [0.1, 0.15) is 5.58 Å². The molecule has 0 bridgehead atoms. The van der Waals surface area contributed by atoms with E-state index < -0.39 is 5.91 Å². The van der Waals surface area contributed by atoms with E-state index in [0.29, 0.717) is 5.58 Å². The highest BCUT2D eigenvalue weighted by Crippen LogP contribution is 2.27. The molecular formula is C14H10N2O2. The van der Waals surface area contributed by atoms with Gasteiger partial charge in [-0.3, -0.25) is 4.79 Å². The molecule has 0 atom stereocenters. The number of benzene rings is 2. The molecule has 0 radical (unpaired) electrons. The summed E-state index contributed by atoms with van der Waals surface area (Å²) in [5.41, 5.74) is 2.94. The molecule has 0 saturated carbocycles. The topological polar surface area (TPSA) is 54.6 Å². The molecule has 4 nitrogen and oxygen atoms in total. The Morgan fingerprint density at radius 2 is 2.00 bits per heavy atom. The summed E-state index contributed by atoms with van der Waals surface area (Å²) in [6, 6.07) is 13.5. The van der Waals surface area contributed by atoms with Crippen molar-refractivity contribution < 1.29 is 9.21 Å². The number of rotatable bonds is 2. The zero-order chi connectivity index (χ0) is 12.5. The standard InChI is InChI=1S/C14H10N2O2/c1-15-16-14(17)13-8-11-10-5-3-2-4-9(10)6-7-12(11)18-13/h2-8H,1H2,(H,16,17). The highest BCUT2D eigenvalue weighted by atomic mass is 16.3. The minimum Gasteiger partial charge on any atom is -0.451 e. The Balaban J connectivity index is 2.25. The number of carbonyl (C=O) groups is 1. The van der Waals surface area contributed by atoms with Crippen LogP contribution < -0.4 is 5.43 Å². The molecule has 1 N–H and O–H groups in total. The summed E-state index contributed by atoms with van der Waals surface area (Å²) in [5, 5.41) is 6.42. The third-order valence-corrected chi connectivity index (χ3v) is 2.83. The van der Waals surface area contributed by atoms with Crippen LogP contribution in [0.2, 0.25) is 0 Å². The lowest BCUT2D eigenvalue weighted by Gasteiger charge is -1.96. The number of nitrogens with one attached hydrogen (secondary N) is 1. The molecule has 0 spiro atoms. The van der Waals surface area contributed by atoms with Crippen molar-refractivity contribution in [2.45, 2.75) is 0 Å². The molecule has 2 aromatic carbocycles. The van der Waals surface area contributed by atoms with Crippen molar-refractivity contribution in [1.82, 2.24) is 5.43 Å². The average molecular weight is 238 g/mol. The van der Waals surface area contributed by atoms with Crippen LogP contribution in [0.1, 0.15) is 10.6 Å². The monoisotopic (exact) mass is 238 g/mol. The lowest BCUT2D eigenvalue weighted by Crippen LogP contribution is -2.15. The SMILES string of the molecule is C=NNC(=O)c1cc2c(ccc3ccccc32)o1. The fraction of sp³-hybridized carbons (Fsp3) is 0. The molecule has 0 unspecified atom stereocenters. The Morgan fingerprint density at radius 3 is 2.83 bits per heavy atom. The second kappa shape index (κ2) is 4.00. The van der Waals surface area contributed by atoms with Crippen LogP contribution in [0, 0.1) is 0 Å². The van der Waals surface area contributed by atoms with Crippen molar-refractivity contribution >= 4 is 34.4 Å². The van der Waals surface area contributed by atoms with Crippen molar-refractivity contribution in [2.24, 2.45) is 5.10 Å². The van der Waals surface area contributed by atoms with E-state index in [4.69, 9.17) is 4.42 Å². The predicted octanol–water partition coefficient (Wildman–Crippen LogP) is 2.93. The van der Waals surface area contributed by atoms with E-state index in [1.165, 1.54) is 0 Å². The maximum Gasteiger partial charge on any atom is 0.307 e. The predicted molar refractivity (Wildman–Crippen MR) is 70.7 cm³/mol. The minimum atomic E-state index is -0.398. The molecule has 0 aliphatic rings. The summed E-state index contributed by atoms with van der Waals surface area (Å²) in [4.78, 5) is 11.6. The molecule has 3 aromatic rings. The first kappa shape index (κ1) is 10.5. The maximum atomic E-state index is 11.6.